The largest absolute Gasteiger partial charge is 0.314 e. The summed E-state index contributed by atoms with van der Waals surface area (Å²) in [5.41, 5.74) is 1.47. The van der Waals surface area contributed by atoms with Gasteiger partial charge in [-0.1, -0.05) is 60.3 Å². The molecule has 1 N–H and O–H groups in total. The van der Waals surface area contributed by atoms with Crippen LogP contribution in [0.3, 0.4) is 0 Å². The Balaban J connectivity index is 1.97. The summed E-state index contributed by atoms with van der Waals surface area (Å²) in [6.07, 6.45) is 8.11. The summed E-state index contributed by atoms with van der Waals surface area (Å²) in [4.78, 5) is 0. The molecule has 0 aliphatic heterocycles. The van der Waals surface area contributed by atoms with Gasteiger partial charge in [0.25, 0.3) is 0 Å². The molecule has 0 radical (unpaired) electrons. The maximum atomic E-state index is 3.67. The molecule has 2 heteroatoms. The monoisotopic (exact) mass is 309 g/mol. The van der Waals surface area contributed by atoms with Crippen molar-refractivity contribution >= 4 is 15.9 Å². The van der Waals surface area contributed by atoms with E-state index in [1.165, 1.54) is 48.6 Å². The highest BCUT2D eigenvalue weighted by Gasteiger charge is 2.20. The Labute approximate surface area is 119 Å². The molecule has 0 heterocycles. The molecule has 2 unspecified atom stereocenters. The third-order valence-corrected chi connectivity index (χ3v) is 4.77. The van der Waals surface area contributed by atoms with Gasteiger partial charge in [0.1, 0.15) is 0 Å². The molecule has 1 aliphatic carbocycles. The summed E-state index contributed by atoms with van der Waals surface area (Å²) < 4.78 is 1.27. The predicted molar refractivity (Wildman–Crippen MR) is 81.9 cm³/mol. The fourth-order valence-electron chi connectivity index (χ4n) is 3.10. The molecule has 0 amide bonds. The average Bonchev–Trinajstić information content (AvgIpc) is 2.58. The summed E-state index contributed by atoms with van der Waals surface area (Å²) in [7, 11) is 0. The third kappa shape index (κ3) is 4.10. The quantitative estimate of drug-likeness (QED) is 0.805. The number of nitrogens with one attached hydrogen (secondary N) is 1. The fourth-order valence-corrected chi connectivity index (χ4v) is 3.54. The van der Waals surface area contributed by atoms with Crippen LogP contribution in [0, 0.1) is 5.92 Å². The van der Waals surface area contributed by atoms with Gasteiger partial charge < -0.3 is 5.32 Å². The zero-order chi connectivity index (χ0) is 12.8. The van der Waals surface area contributed by atoms with Gasteiger partial charge >= 0.3 is 0 Å². The van der Waals surface area contributed by atoms with E-state index in [4.69, 9.17) is 0 Å². The minimum atomic E-state index is 0.741. The number of benzene rings is 1. The van der Waals surface area contributed by atoms with Crippen LogP contribution in [-0.4, -0.2) is 12.6 Å². The van der Waals surface area contributed by atoms with E-state index in [1.54, 1.807) is 0 Å². The highest BCUT2D eigenvalue weighted by molar-refractivity contribution is 9.10. The first-order valence-electron chi connectivity index (χ1n) is 7.26. The Kier molecular flexibility index (Phi) is 5.71. The first-order chi connectivity index (χ1) is 8.79. The van der Waals surface area contributed by atoms with Gasteiger partial charge in [-0.05, 0) is 43.4 Å². The molecular formula is C16H24BrN. The van der Waals surface area contributed by atoms with Crippen molar-refractivity contribution in [3.05, 3.63) is 34.3 Å². The molecule has 0 aromatic heterocycles. The Morgan fingerprint density at radius 1 is 1.22 bits per heavy atom. The van der Waals surface area contributed by atoms with Crippen molar-refractivity contribution in [2.45, 2.75) is 51.5 Å². The standard InChI is InChI=1S/C16H24BrN/c1-2-18-15-9-5-3-7-13(12-15)11-14-8-4-6-10-16(14)17/h4,6,8,10,13,15,18H,2-3,5,7,9,11-12H2,1H3. The number of halogens is 1. The normalized spacial score (nSPS) is 24.8. The van der Waals surface area contributed by atoms with Gasteiger partial charge in [-0.25, -0.2) is 0 Å². The smallest absolute Gasteiger partial charge is 0.0207 e. The summed E-state index contributed by atoms with van der Waals surface area (Å²) in [5.74, 6) is 0.843. The molecule has 1 aromatic carbocycles. The van der Waals surface area contributed by atoms with Crippen molar-refractivity contribution in [3.63, 3.8) is 0 Å². The van der Waals surface area contributed by atoms with E-state index in [1.807, 2.05) is 0 Å². The van der Waals surface area contributed by atoms with Crippen LogP contribution in [-0.2, 0) is 6.42 Å². The Bertz CT molecular complexity index is 364. The first-order valence-corrected chi connectivity index (χ1v) is 8.05. The number of hydrogen-bond acceptors (Lipinski definition) is 1. The fraction of sp³-hybridized carbons (Fsp3) is 0.625. The second-order valence-electron chi connectivity index (χ2n) is 5.44. The van der Waals surface area contributed by atoms with Crippen LogP contribution in [0.5, 0.6) is 0 Å². The van der Waals surface area contributed by atoms with Gasteiger partial charge in [0.05, 0.1) is 0 Å². The van der Waals surface area contributed by atoms with Crippen LogP contribution in [0.25, 0.3) is 0 Å². The van der Waals surface area contributed by atoms with E-state index in [2.05, 4.69) is 52.4 Å². The predicted octanol–water partition coefficient (Wildman–Crippen LogP) is 4.55. The molecule has 0 bridgehead atoms. The van der Waals surface area contributed by atoms with Crippen LogP contribution in [0.4, 0.5) is 0 Å². The number of hydrogen-bond donors (Lipinski definition) is 1. The van der Waals surface area contributed by atoms with E-state index in [0.717, 1.165) is 18.5 Å². The van der Waals surface area contributed by atoms with Gasteiger partial charge in [0, 0.05) is 10.5 Å². The molecule has 0 saturated heterocycles. The second kappa shape index (κ2) is 7.30. The van der Waals surface area contributed by atoms with Crippen molar-refractivity contribution in [3.8, 4) is 0 Å². The van der Waals surface area contributed by atoms with Crippen LogP contribution in [0.15, 0.2) is 28.7 Å². The lowest BCUT2D eigenvalue weighted by Gasteiger charge is -2.21. The highest BCUT2D eigenvalue weighted by Crippen LogP contribution is 2.28. The van der Waals surface area contributed by atoms with Crippen LogP contribution < -0.4 is 5.32 Å². The molecular weight excluding hydrogens is 286 g/mol. The van der Waals surface area contributed by atoms with E-state index >= 15 is 0 Å². The molecule has 18 heavy (non-hydrogen) atoms. The lowest BCUT2D eigenvalue weighted by Crippen LogP contribution is -2.30. The molecule has 1 fully saturated rings. The topological polar surface area (TPSA) is 12.0 Å². The molecule has 1 aromatic rings. The summed E-state index contributed by atoms with van der Waals surface area (Å²) in [5, 5.41) is 3.64. The van der Waals surface area contributed by atoms with Crippen LogP contribution >= 0.6 is 15.9 Å². The van der Waals surface area contributed by atoms with Crippen molar-refractivity contribution < 1.29 is 0 Å². The van der Waals surface area contributed by atoms with E-state index in [0.29, 0.717) is 0 Å². The van der Waals surface area contributed by atoms with Gasteiger partial charge in [-0.2, -0.15) is 0 Å². The zero-order valence-electron chi connectivity index (χ0n) is 11.3. The number of rotatable bonds is 4. The van der Waals surface area contributed by atoms with E-state index < -0.39 is 0 Å². The second-order valence-corrected chi connectivity index (χ2v) is 6.29. The minimum absolute atomic E-state index is 0.741. The van der Waals surface area contributed by atoms with Crippen molar-refractivity contribution in [1.82, 2.24) is 5.32 Å². The Hall–Kier alpha value is -0.340. The average molecular weight is 310 g/mol. The van der Waals surface area contributed by atoms with Crippen molar-refractivity contribution in [1.29, 1.82) is 0 Å². The third-order valence-electron chi connectivity index (χ3n) is 3.99. The van der Waals surface area contributed by atoms with Gasteiger partial charge in [-0.3, -0.25) is 0 Å². The summed E-state index contributed by atoms with van der Waals surface area (Å²) in [6, 6.07) is 9.41. The molecule has 1 nitrogen and oxygen atoms in total. The summed E-state index contributed by atoms with van der Waals surface area (Å²) >= 11 is 3.67. The van der Waals surface area contributed by atoms with Crippen molar-refractivity contribution in [2.24, 2.45) is 5.92 Å². The van der Waals surface area contributed by atoms with Gasteiger partial charge in [-0.15, -0.1) is 0 Å². The molecule has 1 saturated carbocycles. The van der Waals surface area contributed by atoms with E-state index in [9.17, 15) is 0 Å². The lowest BCUT2D eigenvalue weighted by molar-refractivity contribution is 0.389. The SMILES string of the molecule is CCNC1CCCCC(Cc2ccccc2Br)C1. The molecule has 1 aliphatic rings. The zero-order valence-corrected chi connectivity index (χ0v) is 12.9. The maximum Gasteiger partial charge on any atom is 0.0207 e. The first kappa shape index (κ1) is 14.1. The van der Waals surface area contributed by atoms with Crippen LogP contribution in [0.1, 0.15) is 44.6 Å². The minimum Gasteiger partial charge on any atom is -0.314 e. The van der Waals surface area contributed by atoms with Gasteiger partial charge in [0.2, 0.25) is 0 Å². The molecule has 100 valence electrons. The van der Waals surface area contributed by atoms with E-state index in [-0.39, 0.29) is 0 Å². The van der Waals surface area contributed by atoms with Crippen LogP contribution in [0.2, 0.25) is 0 Å². The summed E-state index contributed by atoms with van der Waals surface area (Å²) in [6.45, 7) is 3.32. The Morgan fingerprint density at radius 3 is 2.78 bits per heavy atom. The van der Waals surface area contributed by atoms with Gasteiger partial charge in [0.15, 0.2) is 0 Å². The highest BCUT2D eigenvalue weighted by atomic mass is 79.9. The lowest BCUT2D eigenvalue weighted by atomic mass is 9.91. The maximum absolute atomic E-state index is 3.67. The molecule has 2 rings (SSSR count). The Morgan fingerprint density at radius 2 is 2.00 bits per heavy atom. The molecule has 2 atom stereocenters. The van der Waals surface area contributed by atoms with Crippen molar-refractivity contribution in [2.75, 3.05) is 6.54 Å². The molecule has 0 spiro atoms.